The minimum absolute atomic E-state index is 0. The van der Waals surface area contributed by atoms with Crippen LogP contribution in [0.25, 0.3) is 0 Å². The maximum atomic E-state index is 12.7. The molecule has 1 aliphatic heterocycles. The normalized spacial score (nSPS) is 24.8. The monoisotopic (exact) mass is 429 g/mol. The Morgan fingerprint density at radius 1 is 1.36 bits per heavy atom. The van der Waals surface area contributed by atoms with Gasteiger partial charge in [-0.2, -0.15) is 0 Å². The van der Waals surface area contributed by atoms with Gasteiger partial charge in [0, 0.05) is 16.7 Å². The predicted molar refractivity (Wildman–Crippen MR) is 105 cm³/mol. The standard InChI is InChI=1S/C18H24BrN3O2.ClH/c1-12-5-6-14(19)8-15(12)22-16(23)10-21-17(24)18-7-3-2-4-13(18)9-20-11-18;/h5-6,8,13,20H,2-4,7,9-11H2,1H3,(H,21,24)(H,22,23);1H/t13-,18+;/m0./s1. The fourth-order valence-corrected chi connectivity index (χ4v) is 4.31. The third-order valence-electron chi connectivity index (χ3n) is 5.37. The zero-order chi connectivity index (χ0) is 17.2. The minimum atomic E-state index is -0.315. The van der Waals surface area contributed by atoms with Crippen LogP contribution in [-0.2, 0) is 9.59 Å². The molecule has 25 heavy (non-hydrogen) atoms. The number of rotatable bonds is 4. The number of benzene rings is 1. The van der Waals surface area contributed by atoms with Crippen LogP contribution in [0.4, 0.5) is 5.69 Å². The summed E-state index contributed by atoms with van der Waals surface area (Å²) in [6.07, 6.45) is 4.31. The average molecular weight is 431 g/mol. The van der Waals surface area contributed by atoms with Crippen LogP contribution in [0.15, 0.2) is 22.7 Å². The lowest BCUT2D eigenvalue weighted by molar-refractivity contribution is -0.135. The average Bonchev–Trinajstić information content (AvgIpc) is 3.01. The second-order valence-electron chi connectivity index (χ2n) is 6.92. The van der Waals surface area contributed by atoms with Crippen LogP contribution in [-0.4, -0.2) is 31.4 Å². The maximum Gasteiger partial charge on any atom is 0.243 e. The Balaban J connectivity index is 0.00000225. The molecule has 2 fully saturated rings. The van der Waals surface area contributed by atoms with Crippen molar-refractivity contribution in [3.05, 3.63) is 28.2 Å². The van der Waals surface area contributed by atoms with E-state index in [0.717, 1.165) is 48.1 Å². The lowest BCUT2D eigenvalue weighted by Gasteiger charge is -2.37. The number of halogens is 2. The predicted octanol–water partition coefficient (Wildman–Crippen LogP) is 3.01. The van der Waals surface area contributed by atoms with Crippen molar-refractivity contribution in [3.8, 4) is 0 Å². The molecular weight excluding hydrogens is 406 g/mol. The molecule has 0 radical (unpaired) electrons. The van der Waals surface area contributed by atoms with Gasteiger partial charge in [-0.05, 0) is 49.9 Å². The van der Waals surface area contributed by atoms with Crippen molar-refractivity contribution in [3.63, 3.8) is 0 Å². The van der Waals surface area contributed by atoms with Crippen LogP contribution in [0.5, 0.6) is 0 Å². The summed E-state index contributed by atoms with van der Waals surface area (Å²) < 4.78 is 0.911. The number of aryl methyl sites for hydroxylation is 1. The van der Waals surface area contributed by atoms with Gasteiger partial charge in [-0.15, -0.1) is 12.4 Å². The summed E-state index contributed by atoms with van der Waals surface area (Å²) in [5.74, 6) is 0.235. The van der Waals surface area contributed by atoms with Crippen molar-refractivity contribution in [2.75, 3.05) is 25.0 Å². The van der Waals surface area contributed by atoms with Crippen LogP contribution in [0.3, 0.4) is 0 Å². The summed E-state index contributed by atoms with van der Waals surface area (Å²) in [6.45, 7) is 3.60. The zero-order valence-corrected chi connectivity index (χ0v) is 16.8. The number of nitrogens with one attached hydrogen (secondary N) is 3. The Kier molecular flexibility index (Phi) is 6.88. The highest BCUT2D eigenvalue weighted by Crippen LogP contribution is 2.43. The van der Waals surface area contributed by atoms with E-state index in [0.29, 0.717) is 5.92 Å². The highest BCUT2D eigenvalue weighted by molar-refractivity contribution is 9.10. The molecule has 5 nitrogen and oxygen atoms in total. The number of fused-ring (bicyclic) bond motifs is 1. The number of amides is 2. The van der Waals surface area contributed by atoms with E-state index in [-0.39, 0.29) is 36.2 Å². The number of carbonyl (C=O) groups excluding carboxylic acids is 2. The van der Waals surface area contributed by atoms with E-state index >= 15 is 0 Å². The Labute approximate surface area is 163 Å². The van der Waals surface area contributed by atoms with Gasteiger partial charge in [0.1, 0.15) is 0 Å². The Bertz CT molecular complexity index is 655. The molecule has 1 heterocycles. The van der Waals surface area contributed by atoms with Crippen LogP contribution in [0, 0.1) is 18.3 Å². The van der Waals surface area contributed by atoms with Crippen molar-refractivity contribution in [2.45, 2.75) is 32.6 Å². The van der Waals surface area contributed by atoms with Gasteiger partial charge in [0.25, 0.3) is 0 Å². The molecule has 1 saturated carbocycles. The number of anilines is 1. The fraction of sp³-hybridized carbons (Fsp3) is 0.556. The molecule has 1 aliphatic carbocycles. The molecule has 1 aromatic carbocycles. The van der Waals surface area contributed by atoms with Crippen molar-refractivity contribution >= 4 is 45.8 Å². The molecular formula is C18H25BrClN3O2. The third kappa shape index (κ3) is 4.36. The second kappa shape index (κ2) is 8.52. The van der Waals surface area contributed by atoms with Crippen molar-refractivity contribution < 1.29 is 9.59 Å². The highest BCUT2D eigenvalue weighted by Gasteiger charge is 2.49. The van der Waals surface area contributed by atoms with E-state index in [1.807, 2.05) is 25.1 Å². The SMILES string of the molecule is Cc1ccc(Br)cc1NC(=O)CNC(=O)[C@@]12CCCC[C@H]1CNC2.Cl. The number of carbonyl (C=O) groups is 2. The van der Waals surface area contributed by atoms with E-state index in [2.05, 4.69) is 31.9 Å². The smallest absolute Gasteiger partial charge is 0.243 e. The van der Waals surface area contributed by atoms with Crippen LogP contribution in [0.2, 0.25) is 0 Å². The molecule has 138 valence electrons. The lowest BCUT2D eigenvalue weighted by Crippen LogP contribution is -2.49. The van der Waals surface area contributed by atoms with Gasteiger partial charge in [-0.25, -0.2) is 0 Å². The molecule has 1 saturated heterocycles. The van der Waals surface area contributed by atoms with Crippen molar-refractivity contribution in [1.29, 1.82) is 0 Å². The second-order valence-corrected chi connectivity index (χ2v) is 7.84. The quantitative estimate of drug-likeness (QED) is 0.688. The van der Waals surface area contributed by atoms with Gasteiger partial charge in [0.05, 0.1) is 12.0 Å². The molecule has 0 spiro atoms. The third-order valence-corrected chi connectivity index (χ3v) is 5.87. The summed E-state index contributed by atoms with van der Waals surface area (Å²) in [6, 6.07) is 5.74. The first-order chi connectivity index (χ1) is 11.5. The van der Waals surface area contributed by atoms with Gasteiger partial charge in [0.15, 0.2) is 0 Å². The minimum Gasteiger partial charge on any atom is -0.346 e. The highest BCUT2D eigenvalue weighted by atomic mass is 79.9. The molecule has 1 aromatic rings. The van der Waals surface area contributed by atoms with E-state index in [4.69, 9.17) is 0 Å². The topological polar surface area (TPSA) is 70.2 Å². The van der Waals surface area contributed by atoms with Gasteiger partial charge in [-0.3, -0.25) is 9.59 Å². The molecule has 0 unspecified atom stereocenters. The molecule has 3 rings (SSSR count). The summed E-state index contributed by atoms with van der Waals surface area (Å²) >= 11 is 3.40. The van der Waals surface area contributed by atoms with Gasteiger partial charge >= 0.3 is 0 Å². The van der Waals surface area contributed by atoms with Crippen molar-refractivity contribution in [1.82, 2.24) is 10.6 Å². The molecule has 7 heteroatoms. The Morgan fingerprint density at radius 2 is 2.16 bits per heavy atom. The van der Waals surface area contributed by atoms with Gasteiger partial charge < -0.3 is 16.0 Å². The van der Waals surface area contributed by atoms with E-state index in [1.54, 1.807) is 0 Å². The largest absolute Gasteiger partial charge is 0.346 e. The molecule has 0 aromatic heterocycles. The molecule has 3 N–H and O–H groups in total. The van der Waals surface area contributed by atoms with Crippen LogP contribution < -0.4 is 16.0 Å². The van der Waals surface area contributed by atoms with Gasteiger partial charge in [0.2, 0.25) is 11.8 Å². The summed E-state index contributed by atoms with van der Waals surface area (Å²) in [4.78, 5) is 24.9. The summed E-state index contributed by atoms with van der Waals surface area (Å²) in [5.41, 5.74) is 1.44. The van der Waals surface area contributed by atoms with Crippen LogP contribution >= 0.6 is 28.3 Å². The first-order valence-corrected chi connectivity index (χ1v) is 9.35. The Hall–Kier alpha value is -1.11. The first-order valence-electron chi connectivity index (χ1n) is 8.56. The number of hydrogen-bond acceptors (Lipinski definition) is 3. The van der Waals surface area contributed by atoms with E-state index < -0.39 is 0 Å². The maximum absolute atomic E-state index is 12.7. The molecule has 2 amide bonds. The van der Waals surface area contributed by atoms with E-state index in [1.165, 1.54) is 6.42 Å². The van der Waals surface area contributed by atoms with Crippen molar-refractivity contribution in [2.24, 2.45) is 11.3 Å². The molecule has 2 atom stereocenters. The first kappa shape index (κ1) is 20.2. The summed E-state index contributed by atoms with van der Waals surface area (Å²) in [5, 5.41) is 9.09. The van der Waals surface area contributed by atoms with E-state index in [9.17, 15) is 9.59 Å². The molecule has 2 aliphatic rings. The van der Waals surface area contributed by atoms with Crippen LogP contribution in [0.1, 0.15) is 31.2 Å². The summed E-state index contributed by atoms with van der Waals surface area (Å²) in [7, 11) is 0. The number of hydrogen-bond donors (Lipinski definition) is 3. The lowest BCUT2D eigenvalue weighted by atomic mass is 9.67. The van der Waals surface area contributed by atoms with Gasteiger partial charge in [-0.1, -0.05) is 34.8 Å². The Morgan fingerprint density at radius 3 is 2.96 bits per heavy atom. The zero-order valence-electron chi connectivity index (χ0n) is 14.4. The fourth-order valence-electron chi connectivity index (χ4n) is 3.95. The molecule has 0 bridgehead atoms.